The van der Waals surface area contributed by atoms with Crippen LogP contribution in [-0.2, 0) is 14.5 Å². The molecule has 0 aliphatic rings. The minimum absolute atomic E-state index is 0.0793. The molecule has 104 valence electrons. The molecule has 1 atom stereocenters. The highest BCUT2D eigenvalue weighted by Crippen LogP contribution is 2.06. The third kappa shape index (κ3) is 10.1. The second-order valence-corrected chi connectivity index (χ2v) is 3.02. The molecule has 0 bridgehead atoms. The molecule has 0 saturated heterocycles. The lowest BCUT2D eigenvalue weighted by molar-refractivity contribution is -0.790. The highest BCUT2D eigenvalue weighted by Gasteiger charge is 2.15. The van der Waals surface area contributed by atoms with Crippen molar-refractivity contribution in [2.24, 2.45) is 0 Å². The molecule has 0 fully saturated rings. The fourth-order valence-electron chi connectivity index (χ4n) is 1.05. The van der Waals surface area contributed by atoms with E-state index in [4.69, 9.17) is 0 Å². The van der Waals surface area contributed by atoms with Crippen molar-refractivity contribution >= 4 is 0 Å². The summed E-state index contributed by atoms with van der Waals surface area (Å²) < 4.78 is 0. The van der Waals surface area contributed by atoms with Crippen LogP contribution in [0.2, 0.25) is 0 Å². The van der Waals surface area contributed by atoms with Gasteiger partial charge < -0.3 is 14.5 Å². The summed E-state index contributed by atoms with van der Waals surface area (Å²) >= 11 is 0. The van der Waals surface area contributed by atoms with Crippen molar-refractivity contribution in [1.29, 1.82) is 0 Å². The van der Waals surface area contributed by atoms with Gasteiger partial charge in [-0.1, -0.05) is 0 Å². The van der Waals surface area contributed by atoms with E-state index in [9.17, 15) is 30.3 Å². The van der Waals surface area contributed by atoms with Gasteiger partial charge >= 0.3 is 0 Å². The molecule has 0 amide bonds. The first kappa shape index (κ1) is 15.6. The van der Waals surface area contributed by atoms with Crippen LogP contribution in [-0.4, -0.2) is 34.6 Å². The molecule has 12 heteroatoms. The van der Waals surface area contributed by atoms with Crippen LogP contribution < -0.4 is 0 Å². The predicted octanol–water partition coefficient (Wildman–Crippen LogP) is 0.150. The van der Waals surface area contributed by atoms with E-state index in [1.807, 2.05) is 0 Å². The van der Waals surface area contributed by atoms with E-state index in [2.05, 4.69) is 14.5 Å². The van der Waals surface area contributed by atoms with Crippen LogP contribution in [0.15, 0.2) is 0 Å². The highest BCUT2D eigenvalue weighted by molar-refractivity contribution is 4.54. The molecule has 12 nitrogen and oxygen atoms in total. The molecule has 0 aromatic carbocycles. The molecule has 0 rings (SSSR count). The van der Waals surface area contributed by atoms with Gasteiger partial charge in [0.05, 0.1) is 6.61 Å². The maximum absolute atomic E-state index is 10.1. The normalized spacial score (nSPS) is 11.3. The standard InChI is InChI=1S/C6H11N3O9/c10-7(11)16-4-2-1-3-6(18-9(14)15)5-17-8(12)13/h6H,1-5H2. The van der Waals surface area contributed by atoms with Crippen LogP contribution in [0.3, 0.4) is 0 Å². The van der Waals surface area contributed by atoms with Crippen LogP contribution >= 0.6 is 0 Å². The van der Waals surface area contributed by atoms with Gasteiger partial charge in [-0.3, -0.25) is 0 Å². The Morgan fingerprint density at radius 2 is 1.50 bits per heavy atom. The van der Waals surface area contributed by atoms with Crippen LogP contribution in [0.5, 0.6) is 0 Å². The zero-order valence-electron chi connectivity index (χ0n) is 9.13. The third-order valence-corrected chi connectivity index (χ3v) is 1.72. The van der Waals surface area contributed by atoms with E-state index in [0.717, 1.165) is 0 Å². The van der Waals surface area contributed by atoms with Crippen molar-refractivity contribution in [2.45, 2.75) is 25.4 Å². The molecule has 18 heavy (non-hydrogen) atoms. The summed E-state index contributed by atoms with van der Waals surface area (Å²) in [6, 6.07) is 0. The second-order valence-electron chi connectivity index (χ2n) is 3.02. The quantitative estimate of drug-likeness (QED) is 0.289. The minimum atomic E-state index is -1.10. The summed E-state index contributed by atoms with van der Waals surface area (Å²) in [7, 11) is 0. The molecule has 0 spiro atoms. The number of hydrogen-bond acceptors (Lipinski definition) is 9. The molecule has 0 radical (unpaired) electrons. The molecule has 0 aliphatic carbocycles. The van der Waals surface area contributed by atoms with Gasteiger partial charge in [0.2, 0.25) is 0 Å². The van der Waals surface area contributed by atoms with Crippen molar-refractivity contribution in [3.05, 3.63) is 30.3 Å². The molecule has 1 unspecified atom stereocenters. The fourth-order valence-corrected chi connectivity index (χ4v) is 1.05. The van der Waals surface area contributed by atoms with Crippen molar-refractivity contribution in [2.75, 3.05) is 13.2 Å². The Morgan fingerprint density at radius 1 is 0.889 bits per heavy atom. The van der Waals surface area contributed by atoms with E-state index in [0.29, 0.717) is 6.42 Å². The maximum atomic E-state index is 10.1. The Bertz CT molecular complexity index is 296. The van der Waals surface area contributed by atoms with Gasteiger partial charge in [0.25, 0.3) is 15.3 Å². The predicted molar refractivity (Wildman–Crippen MR) is 51.6 cm³/mol. The summed E-state index contributed by atoms with van der Waals surface area (Å²) in [6.45, 7) is -0.738. The van der Waals surface area contributed by atoms with E-state index < -0.39 is 28.0 Å². The molecule has 0 aromatic heterocycles. The Morgan fingerprint density at radius 3 is 2.00 bits per heavy atom. The number of nitrogens with zero attached hydrogens (tertiary/aromatic N) is 3. The number of unbranched alkanes of at least 4 members (excludes halogenated alkanes) is 1. The van der Waals surface area contributed by atoms with Crippen molar-refractivity contribution in [3.8, 4) is 0 Å². The molecular formula is C6H11N3O9. The summed E-state index contributed by atoms with van der Waals surface area (Å²) in [4.78, 5) is 41.9. The molecule has 0 aromatic rings. The van der Waals surface area contributed by atoms with E-state index in [-0.39, 0.29) is 19.4 Å². The molecule has 0 aliphatic heterocycles. The fraction of sp³-hybridized carbons (Fsp3) is 1.00. The second kappa shape index (κ2) is 8.72. The van der Waals surface area contributed by atoms with E-state index >= 15 is 0 Å². The Kier molecular flexibility index (Phi) is 7.56. The van der Waals surface area contributed by atoms with Crippen LogP contribution in [0.25, 0.3) is 0 Å². The van der Waals surface area contributed by atoms with Gasteiger partial charge in [-0.25, -0.2) is 0 Å². The van der Waals surface area contributed by atoms with Gasteiger partial charge in [0.1, 0.15) is 12.7 Å². The topological polar surface area (TPSA) is 157 Å². The minimum Gasteiger partial charge on any atom is -0.314 e. The number of rotatable bonds is 11. The maximum Gasteiger partial charge on any atom is 0.294 e. The van der Waals surface area contributed by atoms with Gasteiger partial charge in [-0.15, -0.1) is 30.3 Å². The van der Waals surface area contributed by atoms with E-state index in [1.54, 1.807) is 0 Å². The van der Waals surface area contributed by atoms with Gasteiger partial charge in [0.15, 0.2) is 0 Å². The van der Waals surface area contributed by atoms with Crippen molar-refractivity contribution in [3.63, 3.8) is 0 Å². The molecular weight excluding hydrogens is 258 g/mol. The molecule has 0 N–H and O–H groups in total. The summed E-state index contributed by atoms with van der Waals surface area (Å²) in [5.41, 5.74) is 0. The van der Waals surface area contributed by atoms with E-state index in [1.165, 1.54) is 0 Å². The lowest BCUT2D eigenvalue weighted by Gasteiger charge is -2.12. The first-order valence-corrected chi connectivity index (χ1v) is 4.77. The van der Waals surface area contributed by atoms with Gasteiger partial charge in [-0.2, -0.15) is 0 Å². The first-order chi connectivity index (χ1) is 8.41. The van der Waals surface area contributed by atoms with Crippen LogP contribution in [0.1, 0.15) is 19.3 Å². The third-order valence-electron chi connectivity index (χ3n) is 1.72. The largest absolute Gasteiger partial charge is 0.314 e. The molecule has 0 heterocycles. The summed E-state index contributed by atoms with van der Waals surface area (Å²) in [5.74, 6) is 0. The number of hydrogen-bond donors (Lipinski definition) is 0. The molecule has 0 saturated carbocycles. The average Bonchev–Trinajstić information content (AvgIpc) is 2.23. The Labute approximate surface area is 99.7 Å². The smallest absolute Gasteiger partial charge is 0.294 e. The van der Waals surface area contributed by atoms with Crippen LogP contribution in [0.4, 0.5) is 0 Å². The Hall–Kier alpha value is -2.40. The Balaban J connectivity index is 3.81. The average molecular weight is 269 g/mol. The lowest BCUT2D eigenvalue weighted by atomic mass is 10.2. The lowest BCUT2D eigenvalue weighted by Crippen LogP contribution is -2.24. The first-order valence-electron chi connectivity index (χ1n) is 4.77. The summed E-state index contributed by atoms with van der Waals surface area (Å²) in [5, 5.41) is 26.6. The summed E-state index contributed by atoms with van der Waals surface area (Å²) in [6.07, 6.45) is -0.457. The monoisotopic (exact) mass is 269 g/mol. The zero-order chi connectivity index (χ0) is 14.0. The van der Waals surface area contributed by atoms with Gasteiger partial charge in [0, 0.05) is 0 Å². The van der Waals surface area contributed by atoms with Crippen molar-refractivity contribution < 1.29 is 29.8 Å². The SMILES string of the molecule is O=[N+]([O-])OCCCCC(CO[N+](=O)[O-])O[N+](=O)[O-]. The van der Waals surface area contributed by atoms with Crippen molar-refractivity contribution in [1.82, 2.24) is 0 Å². The van der Waals surface area contributed by atoms with Crippen LogP contribution in [0, 0.1) is 30.3 Å². The van der Waals surface area contributed by atoms with Gasteiger partial charge in [-0.05, 0) is 19.3 Å². The zero-order valence-corrected chi connectivity index (χ0v) is 9.13. The highest BCUT2D eigenvalue weighted by atomic mass is 17.0.